The normalized spacial score (nSPS) is 52.9. The van der Waals surface area contributed by atoms with Crippen LogP contribution in [0.5, 0.6) is 0 Å². The fraction of sp³-hybridized carbons (Fsp3) is 1.00. The summed E-state index contributed by atoms with van der Waals surface area (Å²) < 4.78 is 116. The molecule has 0 spiro atoms. The van der Waals surface area contributed by atoms with Crippen molar-refractivity contribution in [3.05, 3.63) is 0 Å². The number of hydrogen-bond donors (Lipinski definition) is 3. The van der Waals surface area contributed by atoms with Crippen molar-refractivity contribution in [2.75, 3.05) is 6.61 Å². The van der Waals surface area contributed by atoms with E-state index in [1.807, 2.05) is 27.7 Å². The minimum Gasteiger partial charge on any atom is -0.394 e. The number of hydrogen-bond acceptors (Lipinski definition) is 20. The maximum absolute atomic E-state index is 12.1. The molecule has 9 rings (SSSR count). The standard InChI is InChI=1S/C78H140O20.3Ac/c1-27-54-36(9)34(7)43(16)73(85-54)96-69-49(22)62(81)78(89-59(69)32-6)97-68-42(15)48(21)76(88-58(68)31-5)95-67-41(14)47(20)75(87-57(67)30-4)94-66-40(13)46(19)74(86-56(66)29-3)91-63-39(12)45(18)72(84-52(63)25)98-70-60(33-79)90-77(50(23)61(70)80)92-64-38(11)44(17)71(83-53(64)26)93-65-37(10)35(8)51(24)82-55(65)28-2;;;/h34-81H,27-33H2,1-26H3;;;/t34-,35?,36+,37+,38?,39+,40+,41?,42?,43?,44?,45?,46?,47?,48?,49+,50?,51-,52?,53-,54?,55?,56?,57+,58+,59?,60+,61?,62?,63+,64-,65+,66+,67-,68-,69+,70+,71+,72-,73-,74-,75+,76+,77+,78-;;;/m0.../s1. The summed E-state index contributed by atoms with van der Waals surface area (Å²) in [5.74, 6) is 0.810. The maximum Gasteiger partial charge on any atom is 0.184 e. The largest absolute Gasteiger partial charge is 0.394 e. The summed E-state index contributed by atoms with van der Waals surface area (Å²) in [6.45, 7) is 55.6. The van der Waals surface area contributed by atoms with Crippen molar-refractivity contribution < 1.29 is 228 Å². The topological polar surface area (TPSA) is 218 Å². The Hall–Kier alpha value is 3.52. The zero-order valence-electron chi connectivity index (χ0n) is 66.9. The predicted molar refractivity (Wildman–Crippen MR) is 371 cm³/mol. The summed E-state index contributed by atoms with van der Waals surface area (Å²) in [6.07, 6.45) is -7.34. The van der Waals surface area contributed by atoms with E-state index in [-0.39, 0.29) is 308 Å². The third-order valence-corrected chi connectivity index (χ3v) is 27.3. The summed E-state index contributed by atoms with van der Waals surface area (Å²) in [5.41, 5.74) is 0. The van der Waals surface area contributed by atoms with Crippen molar-refractivity contribution in [1.82, 2.24) is 0 Å². The van der Waals surface area contributed by atoms with Crippen LogP contribution in [0.2, 0.25) is 0 Å². The molecule has 23 heteroatoms. The molecule has 9 aliphatic heterocycles. The average molecular weight is 2080 g/mol. The van der Waals surface area contributed by atoms with Crippen molar-refractivity contribution >= 4 is 0 Å². The van der Waals surface area contributed by atoms with Crippen molar-refractivity contribution in [3.8, 4) is 0 Å². The zero-order valence-corrected chi connectivity index (χ0v) is 81.2. The molecule has 0 aromatic carbocycles. The second-order valence-electron chi connectivity index (χ2n) is 33.1. The molecule has 3 N–H and O–H groups in total. The summed E-state index contributed by atoms with van der Waals surface area (Å²) >= 11 is 0. The molecule has 20 nitrogen and oxygen atoms in total. The molecule has 0 aromatic heterocycles. The second kappa shape index (κ2) is 41.2. The molecule has 0 amide bonds. The van der Waals surface area contributed by atoms with E-state index in [2.05, 4.69) is 152 Å². The van der Waals surface area contributed by atoms with Crippen molar-refractivity contribution in [2.45, 2.75) is 391 Å². The maximum atomic E-state index is 12.1. The smallest absolute Gasteiger partial charge is 0.184 e. The van der Waals surface area contributed by atoms with E-state index >= 15 is 0 Å². The quantitative estimate of drug-likeness (QED) is 0.0866. The van der Waals surface area contributed by atoms with Gasteiger partial charge in [-0.3, -0.25) is 0 Å². The molecular weight excluding hydrogens is 1940 g/mol. The van der Waals surface area contributed by atoms with Crippen LogP contribution in [0.4, 0.5) is 0 Å². The summed E-state index contributed by atoms with van der Waals surface area (Å²) in [7, 11) is 0. The van der Waals surface area contributed by atoms with Crippen LogP contribution in [0.15, 0.2) is 0 Å². The first kappa shape index (κ1) is 93.4. The fourth-order valence-electron chi connectivity index (χ4n) is 18.1. The van der Waals surface area contributed by atoms with E-state index in [1.54, 1.807) is 0 Å². The second-order valence-corrected chi connectivity index (χ2v) is 33.1. The van der Waals surface area contributed by atoms with Crippen LogP contribution in [0.1, 0.15) is 219 Å². The number of ether oxygens (including phenoxy) is 17. The first-order valence-corrected chi connectivity index (χ1v) is 39.5. The first-order chi connectivity index (χ1) is 46.4. The van der Waals surface area contributed by atoms with Gasteiger partial charge in [-0.2, -0.15) is 0 Å². The number of aliphatic hydroxyl groups is 3. The molecule has 9 fully saturated rings. The Bertz CT molecular complexity index is 2400. The van der Waals surface area contributed by atoms with Gasteiger partial charge in [0.05, 0.1) is 110 Å². The van der Waals surface area contributed by atoms with Crippen LogP contribution >= 0.6 is 0 Å². The third-order valence-electron chi connectivity index (χ3n) is 27.3. The van der Waals surface area contributed by atoms with Gasteiger partial charge in [-0.15, -0.1) is 0 Å². The molecule has 0 bridgehead atoms. The van der Waals surface area contributed by atoms with Gasteiger partial charge in [-0.05, 0) is 113 Å². The van der Waals surface area contributed by atoms with Gasteiger partial charge in [0.1, 0.15) is 18.3 Å². The van der Waals surface area contributed by atoms with Gasteiger partial charge in [-0.1, -0.05) is 159 Å². The SMILES string of the molecule is CCC1O[C@@H](O[C@H]2C(CC)O[C@@H](O[C@H]3C(C)C(C)[C@@H](O[C@H]4C(C)C(C)[C@@H](O[C@H]5C(CC)O[C@@H](O[C@H]6C(C)O[C@@H](O[C@H]7C(O)C(C)[C@@H](O[C@H]8C(C)C(C)[C@@H](O[C@H]9C(CC)O[C@@H](C)C(C)[C@H]9C)O[C@H]8C)O[C@@H]7CO)C(C)[C@H]6C)C(C)[C@H]5C)O[C@@H]4CC)O[C@@H]3CC)C(O)[C@H]2C)C(C)[C@@H](C)[C@H]1C.[Ac].[Ac].[Ac]. The Balaban J connectivity index is 0.00000535. The molecule has 9 aliphatic rings. The van der Waals surface area contributed by atoms with Gasteiger partial charge >= 0.3 is 0 Å². The molecule has 0 aromatic rings. The van der Waals surface area contributed by atoms with Crippen LogP contribution in [-0.4, -0.2) is 194 Å². The number of aliphatic hydroxyl groups excluding tert-OH is 3. The Kier molecular flexibility index (Phi) is 38.1. The van der Waals surface area contributed by atoms with Crippen LogP contribution < -0.4 is 0 Å². The van der Waals surface area contributed by atoms with Gasteiger partial charge in [0.15, 0.2) is 50.3 Å². The van der Waals surface area contributed by atoms with Crippen LogP contribution in [0.3, 0.4) is 0 Å². The molecule has 9 saturated heterocycles. The molecule has 581 valence electrons. The van der Waals surface area contributed by atoms with E-state index in [1.165, 1.54) is 0 Å². The molecule has 3 radical (unpaired) electrons. The van der Waals surface area contributed by atoms with Crippen LogP contribution in [0.25, 0.3) is 0 Å². The predicted octanol–water partition coefficient (Wildman–Crippen LogP) is 12.7. The summed E-state index contributed by atoms with van der Waals surface area (Å²) in [4.78, 5) is 0. The van der Waals surface area contributed by atoms with Gasteiger partial charge in [0.25, 0.3) is 0 Å². The molecule has 18 unspecified atom stereocenters. The third kappa shape index (κ3) is 20.3. The van der Waals surface area contributed by atoms with Crippen molar-refractivity contribution in [2.24, 2.45) is 101 Å². The van der Waals surface area contributed by atoms with Gasteiger partial charge in [0.2, 0.25) is 0 Å². The molecule has 0 saturated carbocycles. The number of rotatable bonds is 23. The average Bonchev–Trinajstić information content (AvgIpc) is 0.778. The Morgan fingerprint density at radius 2 is 0.455 bits per heavy atom. The van der Waals surface area contributed by atoms with E-state index in [0.717, 1.165) is 19.3 Å². The van der Waals surface area contributed by atoms with E-state index in [4.69, 9.17) is 80.5 Å². The monoisotopic (exact) mass is 2080 g/mol. The molecular formula is C78H140Ac3O20. The molecule has 9 heterocycles. The first-order valence-electron chi connectivity index (χ1n) is 39.5. The van der Waals surface area contributed by atoms with Gasteiger partial charge in [0, 0.05) is 180 Å². The van der Waals surface area contributed by atoms with Gasteiger partial charge in [-0.25, -0.2) is 0 Å². The minimum atomic E-state index is -1.03. The molecule has 0 aliphatic carbocycles. The van der Waals surface area contributed by atoms with Crippen LogP contribution in [0, 0.1) is 233 Å². The molecule has 101 heavy (non-hydrogen) atoms. The van der Waals surface area contributed by atoms with Crippen molar-refractivity contribution in [3.63, 3.8) is 0 Å². The summed E-state index contributed by atoms with van der Waals surface area (Å²) in [6, 6.07) is 0. The van der Waals surface area contributed by atoms with Gasteiger partial charge < -0.3 is 95.8 Å². The fourth-order valence-corrected chi connectivity index (χ4v) is 18.1. The minimum absolute atomic E-state index is 0. The Morgan fingerprint density at radius 1 is 0.208 bits per heavy atom. The van der Waals surface area contributed by atoms with E-state index < -0.39 is 80.5 Å². The van der Waals surface area contributed by atoms with E-state index in [9.17, 15) is 15.3 Å². The Morgan fingerprint density at radius 3 is 0.812 bits per heavy atom. The van der Waals surface area contributed by atoms with Crippen LogP contribution in [-0.2, 0) is 80.5 Å². The summed E-state index contributed by atoms with van der Waals surface area (Å²) in [5, 5.41) is 34.9. The van der Waals surface area contributed by atoms with E-state index in [0.29, 0.717) is 42.9 Å². The zero-order chi connectivity index (χ0) is 72.0. The van der Waals surface area contributed by atoms with Crippen molar-refractivity contribution in [1.29, 1.82) is 0 Å². The Labute approximate surface area is 717 Å². The molecule has 45 atom stereocenters.